The molecule has 1 fully saturated rings. The van der Waals surface area contributed by atoms with Crippen LogP contribution in [0.5, 0.6) is 0 Å². The lowest BCUT2D eigenvalue weighted by molar-refractivity contribution is -0.140. The molecule has 0 spiro atoms. The van der Waals surface area contributed by atoms with Gasteiger partial charge in [0.1, 0.15) is 11.7 Å². The molecule has 8 heteroatoms. The molecular formula is C21H28FN5O2. The molecule has 0 saturated carbocycles. The van der Waals surface area contributed by atoms with Gasteiger partial charge >= 0.3 is 0 Å². The van der Waals surface area contributed by atoms with Gasteiger partial charge in [0.25, 0.3) is 0 Å². The summed E-state index contributed by atoms with van der Waals surface area (Å²) in [4.78, 5) is 26.8. The number of halogens is 1. The second-order valence-electron chi connectivity index (χ2n) is 7.84. The number of hydrogen-bond acceptors (Lipinski definition) is 4. The van der Waals surface area contributed by atoms with E-state index in [0.717, 1.165) is 12.0 Å². The maximum Gasteiger partial charge on any atom is 0.243 e. The van der Waals surface area contributed by atoms with Crippen LogP contribution in [0.3, 0.4) is 0 Å². The Bertz CT molecular complexity index is 858. The Morgan fingerprint density at radius 1 is 1.31 bits per heavy atom. The van der Waals surface area contributed by atoms with E-state index in [2.05, 4.69) is 10.4 Å². The van der Waals surface area contributed by atoms with Crippen LogP contribution in [-0.2, 0) is 23.2 Å². The lowest BCUT2D eigenvalue weighted by atomic mass is 10.0. The third-order valence-corrected chi connectivity index (χ3v) is 5.43. The second-order valence-corrected chi connectivity index (χ2v) is 7.84. The van der Waals surface area contributed by atoms with Gasteiger partial charge in [0.05, 0.1) is 12.2 Å². The van der Waals surface area contributed by atoms with Crippen molar-refractivity contribution < 1.29 is 14.0 Å². The number of rotatable bonds is 6. The van der Waals surface area contributed by atoms with E-state index in [1.807, 2.05) is 26.0 Å². The van der Waals surface area contributed by atoms with Crippen molar-refractivity contribution in [3.63, 3.8) is 0 Å². The highest BCUT2D eigenvalue weighted by atomic mass is 19.1. The number of nitrogens with zero attached hydrogens (tertiary/aromatic N) is 3. The predicted molar refractivity (Wildman–Crippen MR) is 108 cm³/mol. The molecule has 7 nitrogen and oxygen atoms in total. The fourth-order valence-corrected chi connectivity index (χ4v) is 3.60. The number of benzene rings is 1. The molecule has 29 heavy (non-hydrogen) atoms. The zero-order valence-electron chi connectivity index (χ0n) is 17.1. The van der Waals surface area contributed by atoms with Gasteiger partial charge in [-0.05, 0) is 24.3 Å². The molecule has 3 N–H and O–H groups in total. The molecule has 156 valence electrons. The zero-order chi connectivity index (χ0) is 21.1. The van der Waals surface area contributed by atoms with E-state index in [9.17, 15) is 14.0 Å². The number of nitrogens with one attached hydrogen (secondary N) is 1. The molecule has 1 aliphatic rings. The Morgan fingerprint density at radius 2 is 2.00 bits per heavy atom. The van der Waals surface area contributed by atoms with Crippen LogP contribution in [0.4, 0.5) is 4.39 Å². The molecule has 1 aromatic heterocycles. The van der Waals surface area contributed by atoms with Crippen molar-refractivity contribution in [1.82, 2.24) is 20.0 Å². The predicted octanol–water partition coefficient (Wildman–Crippen LogP) is 1.82. The molecule has 0 aliphatic carbocycles. The molecule has 2 heterocycles. The summed E-state index contributed by atoms with van der Waals surface area (Å²) in [5.74, 6) is -0.692. The molecule has 3 rings (SSSR count). The minimum absolute atomic E-state index is 0.0228. The minimum atomic E-state index is -0.594. The average Bonchev–Trinajstić information content (AvgIpc) is 3.32. The van der Waals surface area contributed by atoms with E-state index in [0.29, 0.717) is 30.8 Å². The van der Waals surface area contributed by atoms with Gasteiger partial charge in [0.15, 0.2) is 5.82 Å². The van der Waals surface area contributed by atoms with Crippen molar-refractivity contribution in [1.29, 1.82) is 0 Å². The highest BCUT2D eigenvalue weighted by molar-refractivity contribution is 5.90. The van der Waals surface area contributed by atoms with Crippen molar-refractivity contribution in [3.8, 4) is 11.3 Å². The van der Waals surface area contributed by atoms with E-state index in [4.69, 9.17) is 5.73 Å². The third-order valence-electron chi connectivity index (χ3n) is 5.43. The summed E-state index contributed by atoms with van der Waals surface area (Å²) in [6, 6.07) is 6.21. The summed E-state index contributed by atoms with van der Waals surface area (Å²) >= 11 is 0. The van der Waals surface area contributed by atoms with Crippen LogP contribution in [0.2, 0.25) is 0 Å². The zero-order valence-corrected chi connectivity index (χ0v) is 17.1. The van der Waals surface area contributed by atoms with Crippen molar-refractivity contribution in [2.24, 2.45) is 18.7 Å². The van der Waals surface area contributed by atoms with Crippen molar-refractivity contribution in [2.45, 2.75) is 45.3 Å². The summed E-state index contributed by atoms with van der Waals surface area (Å²) < 4.78 is 15.3. The maximum atomic E-state index is 13.9. The van der Waals surface area contributed by atoms with Crippen LogP contribution < -0.4 is 11.1 Å². The van der Waals surface area contributed by atoms with Crippen molar-refractivity contribution in [3.05, 3.63) is 41.8 Å². The molecule has 2 unspecified atom stereocenters. The van der Waals surface area contributed by atoms with Gasteiger partial charge in [-0.25, -0.2) is 4.39 Å². The maximum absolute atomic E-state index is 13.9. The van der Waals surface area contributed by atoms with Crippen LogP contribution in [0.25, 0.3) is 11.3 Å². The molecule has 2 amide bonds. The Kier molecular flexibility index (Phi) is 6.32. The number of carbonyl (C=O) groups is 2. The summed E-state index contributed by atoms with van der Waals surface area (Å²) in [5, 5.41) is 6.81. The molecule has 0 radical (unpaired) electrons. The standard InChI is InChI=1S/C21H28FN5O2/c1-13(2)18(23)21(29)27-10-4-5-17(27)20(28)24-11-14-6-8-15(9-7-14)19-16(22)12-25-26(19)3/h6-9,12-13,17-18H,4-5,10-11,23H2,1-3H3,(H,24,28). The van der Waals surface area contributed by atoms with Crippen LogP contribution in [-0.4, -0.2) is 45.1 Å². The van der Waals surface area contributed by atoms with E-state index < -0.39 is 12.1 Å². The first-order valence-electron chi connectivity index (χ1n) is 9.90. The average molecular weight is 401 g/mol. The third kappa shape index (κ3) is 4.48. The first-order chi connectivity index (χ1) is 13.8. The Labute approximate surface area is 170 Å². The summed E-state index contributed by atoms with van der Waals surface area (Å²) in [5.41, 5.74) is 8.01. The van der Waals surface area contributed by atoms with Crippen molar-refractivity contribution in [2.75, 3.05) is 6.54 Å². The molecule has 1 saturated heterocycles. The summed E-state index contributed by atoms with van der Waals surface area (Å²) in [7, 11) is 1.69. The smallest absolute Gasteiger partial charge is 0.243 e. The van der Waals surface area contributed by atoms with E-state index >= 15 is 0 Å². The fraction of sp³-hybridized carbons (Fsp3) is 0.476. The van der Waals surface area contributed by atoms with E-state index in [1.165, 1.54) is 10.9 Å². The Hall–Kier alpha value is -2.74. The quantitative estimate of drug-likeness (QED) is 0.772. The highest BCUT2D eigenvalue weighted by Gasteiger charge is 2.36. The first kappa shape index (κ1) is 21.0. The summed E-state index contributed by atoms with van der Waals surface area (Å²) in [6.07, 6.45) is 2.62. The number of aryl methyl sites for hydroxylation is 1. The largest absolute Gasteiger partial charge is 0.350 e. The fourth-order valence-electron chi connectivity index (χ4n) is 3.60. The molecular weight excluding hydrogens is 373 g/mol. The van der Waals surface area contributed by atoms with Crippen LogP contribution in [0.15, 0.2) is 30.5 Å². The van der Waals surface area contributed by atoms with Gasteiger partial charge in [-0.2, -0.15) is 5.10 Å². The van der Waals surface area contributed by atoms with E-state index in [1.54, 1.807) is 24.1 Å². The van der Waals surface area contributed by atoms with E-state index in [-0.39, 0.29) is 23.5 Å². The molecule has 0 bridgehead atoms. The van der Waals surface area contributed by atoms with Crippen LogP contribution >= 0.6 is 0 Å². The molecule has 2 atom stereocenters. The van der Waals surface area contributed by atoms with Gasteiger partial charge < -0.3 is 16.0 Å². The number of nitrogens with two attached hydrogens (primary N) is 1. The lowest BCUT2D eigenvalue weighted by Crippen LogP contribution is -2.52. The topological polar surface area (TPSA) is 93.2 Å². The Balaban J connectivity index is 1.61. The molecule has 2 aromatic rings. The summed E-state index contributed by atoms with van der Waals surface area (Å²) in [6.45, 7) is 4.69. The minimum Gasteiger partial charge on any atom is -0.350 e. The van der Waals surface area contributed by atoms with Gasteiger partial charge in [-0.3, -0.25) is 14.3 Å². The highest BCUT2D eigenvalue weighted by Crippen LogP contribution is 2.23. The number of carbonyl (C=O) groups excluding carboxylic acids is 2. The lowest BCUT2D eigenvalue weighted by Gasteiger charge is -2.28. The normalized spacial score (nSPS) is 17.6. The monoisotopic (exact) mass is 401 g/mol. The van der Waals surface area contributed by atoms with Gasteiger partial charge in [0, 0.05) is 25.7 Å². The van der Waals surface area contributed by atoms with Crippen molar-refractivity contribution >= 4 is 11.8 Å². The molecule has 1 aliphatic heterocycles. The molecule has 1 aromatic carbocycles. The van der Waals surface area contributed by atoms with Crippen LogP contribution in [0, 0.1) is 11.7 Å². The number of hydrogen-bond donors (Lipinski definition) is 2. The van der Waals surface area contributed by atoms with Crippen LogP contribution in [0.1, 0.15) is 32.3 Å². The number of amides is 2. The Morgan fingerprint density at radius 3 is 2.59 bits per heavy atom. The SMILES string of the molecule is CC(C)C(N)C(=O)N1CCCC1C(=O)NCc1ccc(-c2c(F)cnn2C)cc1. The number of likely N-dealkylation sites (tertiary alicyclic amines) is 1. The van der Waals surface area contributed by atoms with Gasteiger partial charge in [-0.1, -0.05) is 38.1 Å². The first-order valence-corrected chi connectivity index (χ1v) is 9.90. The van der Waals surface area contributed by atoms with Gasteiger partial charge in [0.2, 0.25) is 11.8 Å². The number of aromatic nitrogens is 2. The van der Waals surface area contributed by atoms with Gasteiger partial charge in [-0.15, -0.1) is 0 Å². The second kappa shape index (κ2) is 8.73.